The Bertz CT molecular complexity index is 1170. The zero-order valence-electron chi connectivity index (χ0n) is 18.0. The highest BCUT2D eigenvalue weighted by Gasteiger charge is 2.20. The van der Waals surface area contributed by atoms with Crippen molar-refractivity contribution in [3.8, 4) is 11.5 Å². The Kier molecular flexibility index (Phi) is 7.05. The van der Waals surface area contributed by atoms with Gasteiger partial charge in [0.1, 0.15) is 5.82 Å². The van der Waals surface area contributed by atoms with E-state index in [1.54, 1.807) is 49.4 Å². The molecule has 2 amide bonds. The summed E-state index contributed by atoms with van der Waals surface area (Å²) in [5, 5.41) is 14.9. The van der Waals surface area contributed by atoms with Crippen molar-refractivity contribution in [2.45, 2.75) is 23.8 Å². The molecule has 1 aromatic heterocycles. The first-order valence-corrected chi connectivity index (χ1v) is 11.5. The topological polar surface area (TPSA) is 107 Å². The number of hydrogen-bond acceptors (Lipinski definition) is 7. The Morgan fingerprint density at radius 3 is 2.70 bits per heavy atom. The Hall–Kier alpha value is -3.24. The van der Waals surface area contributed by atoms with Crippen LogP contribution in [0.3, 0.4) is 0 Å². The monoisotopic (exact) mass is 487 g/mol. The minimum Gasteiger partial charge on any atom is -0.454 e. The van der Waals surface area contributed by atoms with Gasteiger partial charge in [0.2, 0.25) is 12.7 Å². The summed E-state index contributed by atoms with van der Waals surface area (Å²) >= 11 is 7.15. The van der Waals surface area contributed by atoms with Crippen molar-refractivity contribution in [2.24, 2.45) is 7.05 Å². The lowest BCUT2D eigenvalue weighted by atomic mass is 10.2. The predicted octanol–water partition coefficient (Wildman–Crippen LogP) is 3.29. The third-order valence-corrected chi connectivity index (χ3v) is 6.34. The van der Waals surface area contributed by atoms with Crippen LogP contribution >= 0.6 is 23.4 Å². The van der Waals surface area contributed by atoms with Gasteiger partial charge in [-0.25, -0.2) is 0 Å². The number of ether oxygens (including phenoxy) is 2. The van der Waals surface area contributed by atoms with Gasteiger partial charge in [0.15, 0.2) is 16.7 Å². The van der Waals surface area contributed by atoms with E-state index in [0.717, 1.165) is 0 Å². The SMILES string of the molecule is C[C@@H](Sc1nnc(CCNC(=O)c2ccc(Cl)cc2)n1C)C(=O)Nc1ccc2c(c1)OCO2. The molecule has 0 radical (unpaired) electrons. The molecule has 4 rings (SSSR count). The van der Waals surface area contributed by atoms with Crippen LogP contribution in [0.1, 0.15) is 23.1 Å². The van der Waals surface area contributed by atoms with E-state index >= 15 is 0 Å². The van der Waals surface area contributed by atoms with E-state index in [9.17, 15) is 9.59 Å². The van der Waals surface area contributed by atoms with Gasteiger partial charge in [-0.3, -0.25) is 9.59 Å². The van der Waals surface area contributed by atoms with E-state index in [1.807, 2.05) is 11.6 Å². The molecular formula is C22H22ClN5O4S. The molecule has 3 aromatic rings. The molecule has 0 fully saturated rings. The standard InChI is InChI=1S/C22H22ClN5O4S/c1-13(20(29)25-16-7-8-17-18(11-16)32-12-31-17)33-22-27-26-19(28(22)2)9-10-24-21(30)14-3-5-15(23)6-4-14/h3-8,11,13H,9-10,12H2,1-2H3,(H,24,30)(H,25,29)/t13-/m1/s1. The number of nitrogens with zero attached hydrogens (tertiary/aromatic N) is 3. The van der Waals surface area contributed by atoms with Crippen LogP contribution < -0.4 is 20.1 Å². The number of rotatable bonds is 8. The van der Waals surface area contributed by atoms with Gasteiger partial charge < -0.3 is 24.7 Å². The molecule has 2 heterocycles. The molecule has 1 atom stereocenters. The van der Waals surface area contributed by atoms with Crippen LogP contribution in [0.25, 0.3) is 0 Å². The smallest absolute Gasteiger partial charge is 0.251 e. The minimum absolute atomic E-state index is 0.168. The summed E-state index contributed by atoms with van der Waals surface area (Å²) in [6.45, 7) is 2.38. The molecule has 9 nitrogen and oxygen atoms in total. The molecule has 2 N–H and O–H groups in total. The number of benzene rings is 2. The van der Waals surface area contributed by atoms with Gasteiger partial charge in [-0.15, -0.1) is 10.2 Å². The molecule has 172 valence electrons. The van der Waals surface area contributed by atoms with Crippen molar-refractivity contribution >= 4 is 40.9 Å². The van der Waals surface area contributed by atoms with E-state index in [4.69, 9.17) is 21.1 Å². The third-order valence-electron chi connectivity index (χ3n) is 4.96. The van der Waals surface area contributed by atoms with Crippen LogP contribution in [0.2, 0.25) is 5.02 Å². The Morgan fingerprint density at radius 2 is 1.91 bits per heavy atom. The summed E-state index contributed by atoms with van der Waals surface area (Å²) in [6.07, 6.45) is 0.501. The molecule has 0 aliphatic carbocycles. The molecule has 11 heteroatoms. The second-order valence-electron chi connectivity index (χ2n) is 7.29. The lowest BCUT2D eigenvalue weighted by molar-refractivity contribution is -0.115. The number of carbonyl (C=O) groups is 2. The van der Waals surface area contributed by atoms with E-state index in [0.29, 0.717) is 51.7 Å². The predicted molar refractivity (Wildman–Crippen MR) is 125 cm³/mol. The van der Waals surface area contributed by atoms with Gasteiger partial charge in [0.05, 0.1) is 5.25 Å². The number of hydrogen-bond donors (Lipinski definition) is 2. The number of halogens is 1. The molecular weight excluding hydrogens is 466 g/mol. The van der Waals surface area contributed by atoms with E-state index < -0.39 is 5.25 Å². The zero-order valence-corrected chi connectivity index (χ0v) is 19.6. The highest BCUT2D eigenvalue weighted by molar-refractivity contribution is 8.00. The Balaban J connectivity index is 1.28. The maximum absolute atomic E-state index is 12.6. The Morgan fingerprint density at radius 1 is 1.15 bits per heavy atom. The zero-order chi connectivity index (χ0) is 23.4. The van der Waals surface area contributed by atoms with Crippen LogP contribution in [0, 0.1) is 0 Å². The van der Waals surface area contributed by atoms with Gasteiger partial charge >= 0.3 is 0 Å². The van der Waals surface area contributed by atoms with E-state index in [1.165, 1.54) is 11.8 Å². The quantitative estimate of drug-likeness (QED) is 0.469. The first-order chi connectivity index (χ1) is 15.9. The van der Waals surface area contributed by atoms with Crippen molar-refractivity contribution in [1.29, 1.82) is 0 Å². The van der Waals surface area contributed by atoms with Crippen LogP contribution in [0.5, 0.6) is 11.5 Å². The molecule has 2 aromatic carbocycles. The largest absolute Gasteiger partial charge is 0.454 e. The van der Waals surface area contributed by atoms with Crippen molar-refractivity contribution < 1.29 is 19.1 Å². The number of thioether (sulfide) groups is 1. The average molecular weight is 488 g/mol. The van der Waals surface area contributed by atoms with Crippen molar-refractivity contribution in [1.82, 2.24) is 20.1 Å². The minimum atomic E-state index is -0.407. The first kappa shape index (κ1) is 22.9. The molecule has 1 aliphatic heterocycles. The molecule has 0 saturated carbocycles. The third kappa shape index (κ3) is 5.58. The normalized spacial score (nSPS) is 12.9. The van der Waals surface area contributed by atoms with Crippen molar-refractivity contribution in [3.63, 3.8) is 0 Å². The number of amides is 2. The molecule has 33 heavy (non-hydrogen) atoms. The number of aromatic nitrogens is 3. The maximum Gasteiger partial charge on any atom is 0.251 e. The summed E-state index contributed by atoms with van der Waals surface area (Å²) in [5.74, 6) is 1.62. The van der Waals surface area contributed by atoms with Gasteiger partial charge in [-0.05, 0) is 43.3 Å². The maximum atomic E-state index is 12.6. The van der Waals surface area contributed by atoms with Crippen LogP contribution in [0.4, 0.5) is 5.69 Å². The van der Waals surface area contributed by atoms with Crippen molar-refractivity contribution in [2.75, 3.05) is 18.7 Å². The number of carbonyl (C=O) groups excluding carboxylic acids is 2. The summed E-state index contributed by atoms with van der Waals surface area (Å²) in [5.41, 5.74) is 1.17. The summed E-state index contributed by atoms with van der Waals surface area (Å²) in [4.78, 5) is 24.8. The molecule has 0 saturated heterocycles. The number of fused-ring (bicyclic) bond motifs is 1. The van der Waals surface area contributed by atoms with E-state index in [-0.39, 0.29) is 18.6 Å². The average Bonchev–Trinajstić information content (AvgIpc) is 3.41. The Labute approximate surface area is 199 Å². The molecule has 0 unspecified atom stereocenters. The highest BCUT2D eigenvalue weighted by Crippen LogP contribution is 2.34. The fourth-order valence-electron chi connectivity index (χ4n) is 3.09. The first-order valence-electron chi connectivity index (χ1n) is 10.2. The summed E-state index contributed by atoms with van der Waals surface area (Å²) in [6, 6.07) is 11.9. The van der Waals surface area contributed by atoms with Gasteiger partial charge in [-0.1, -0.05) is 23.4 Å². The molecule has 0 bridgehead atoms. The lowest BCUT2D eigenvalue weighted by Gasteiger charge is -2.12. The fraction of sp³-hybridized carbons (Fsp3) is 0.273. The van der Waals surface area contributed by atoms with Crippen LogP contribution in [-0.4, -0.2) is 45.2 Å². The number of nitrogens with one attached hydrogen (secondary N) is 2. The molecule has 0 spiro atoms. The van der Waals surface area contributed by atoms with Gasteiger partial charge in [0.25, 0.3) is 5.91 Å². The lowest BCUT2D eigenvalue weighted by Crippen LogP contribution is -2.26. The molecule has 1 aliphatic rings. The summed E-state index contributed by atoms with van der Waals surface area (Å²) in [7, 11) is 1.83. The van der Waals surface area contributed by atoms with Crippen LogP contribution in [-0.2, 0) is 18.3 Å². The van der Waals surface area contributed by atoms with Gasteiger partial charge in [-0.2, -0.15) is 0 Å². The van der Waals surface area contributed by atoms with Gasteiger partial charge in [0, 0.05) is 42.4 Å². The number of anilines is 1. The summed E-state index contributed by atoms with van der Waals surface area (Å²) < 4.78 is 12.4. The fourth-order valence-corrected chi connectivity index (χ4v) is 4.05. The second-order valence-corrected chi connectivity index (χ2v) is 9.03. The van der Waals surface area contributed by atoms with Crippen LogP contribution in [0.15, 0.2) is 47.6 Å². The highest BCUT2D eigenvalue weighted by atomic mass is 35.5. The van der Waals surface area contributed by atoms with Crippen molar-refractivity contribution in [3.05, 3.63) is 58.9 Å². The van der Waals surface area contributed by atoms with E-state index in [2.05, 4.69) is 20.8 Å². The second kappa shape index (κ2) is 10.1.